The molecule has 10 heteroatoms. The fourth-order valence-electron chi connectivity index (χ4n) is 3.83. The summed E-state index contributed by atoms with van der Waals surface area (Å²) in [7, 11) is -3.86. The van der Waals surface area contributed by atoms with Gasteiger partial charge in [0.05, 0.1) is 22.8 Å². The van der Waals surface area contributed by atoms with Crippen LogP contribution in [0.2, 0.25) is 0 Å². The van der Waals surface area contributed by atoms with Gasteiger partial charge in [0.15, 0.2) is 4.21 Å². The van der Waals surface area contributed by atoms with Gasteiger partial charge in [-0.3, -0.25) is 4.79 Å². The maximum Gasteiger partial charge on any atom is 0.270 e. The second kappa shape index (κ2) is 11.9. The van der Waals surface area contributed by atoms with Gasteiger partial charge in [0, 0.05) is 18.8 Å². The number of benzene rings is 1. The van der Waals surface area contributed by atoms with Crippen molar-refractivity contribution in [2.75, 3.05) is 13.1 Å². The van der Waals surface area contributed by atoms with E-state index < -0.39 is 28.1 Å². The summed E-state index contributed by atoms with van der Waals surface area (Å²) in [5.41, 5.74) is 2.30. The minimum absolute atomic E-state index is 0.161. The van der Waals surface area contributed by atoms with E-state index in [0.717, 1.165) is 16.9 Å². The van der Waals surface area contributed by atoms with Crippen LogP contribution >= 0.6 is 11.3 Å². The fourth-order valence-corrected chi connectivity index (χ4v) is 7.00. The summed E-state index contributed by atoms with van der Waals surface area (Å²) >= 11 is 1.12. The Labute approximate surface area is 211 Å². The first-order valence-electron chi connectivity index (χ1n) is 11.5. The van der Waals surface area contributed by atoms with E-state index in [1.54, 1.807) is 39.0 Å². The highest BCUT2D eigenvalue weighted by molar-refractivity contribution is 7.91. The summed E-state index contributed by atoms with van der Waals surface area (Å²) in [6.07, 6.45) is -0.246. The molecule has 3 aromatic rings. The van der Waals surface area contributed by atoms with E-state index in [9.17, 15) is 18.3 Å². The van der Waals surface area contributed by atoms with Gasteiger partial charge in [-0.2, -0.15) is 4.31 Å². The summed E-state index contributed by atoms with van der Waals surface area (Å²) in [5, 5.41) is 14.8. The van der Waals surface area contributed by atoms with Crippen LogP contribution in [-0.2, 0) is 16.4 Å². The third-order valence-electron chi connectivity index (χ3n) is 5.50. The lowest BCUT2D eigenvalue weighted by Crippen LogP contribution is -2.50. The molecule has 2 aromatic heterocycles. The zero-order valence-corrected chi connectivity index (χ0v) is 22.1. The number of aromatic nitrogens is 2. The summed E-state index contributed by atoms with van der Waals surface area (Å²) in [6, 6.07) is 13.9. The van der Waals surface area contributed by atoms with Crippen molar-refractivity contribution in [2.24, 2.45) is 0 Å². The van der Waals surface area contributed by atoms with Crippen LogP contribution in [0.1, 0.15) is 45.8 Å². The van der Waals surface area contributed by atoms with E-state index in [4.69, 9.17) is 0 Å². The van der Waals surface area contributed by atoms with Crippen LogP contribution in [0, 0.1) is 20.8 Å². The number of carbonyl (C=O) groups excluding carboxylic acids is 1. The van der Waals surface area contributed by atoms with Crippen LogP contribution in [0.4, 0.5) is 0 Å². The normalized spacial score (nSPS) is 13.5. The number of aliphatic hydroxyl groups is 1. The molecular formula is C25H32N4O4S2. The van der Waals surface area contributed by atoms with Crippen molar-refractivity contribution in [1.29, 1.82) is 0 Å². The maximum absolute atomic E-state index is 13.4. The first-order chi connectivity index (χ1) is 16.6. The molecule has 35 heavy (non-hydrogen) atoms. The van der Waals surface area contributed by atoms with Crippen molar-refractivity contribution in [3.8, 4) is 0 Å². The van der Waals surface area contributed by atoms with Gasteiger partial charge in [0.1, 0.15) is 5.69 Å². The Hall–Kier alpha value is -2.66. The van der Waals surface area contributed by atoms with Crippen LogP contribution in [0.15, 0.2) is 52.7 Å². The Kier molecular flexibility index (Phi) is 9.12. The Morgan fingerprint density at radius 1 is 1.09 bits per heavy atom. The van der Waals surface area contributed by atoms with Gasteiger partial charge in [-0.1, -0.05) is 43.3 Å². The molecule has 8 nitrogen and oxygen atoms in total. The Balaban J connectivity index is 1.87. The number of nitrogens with zero attached hydrogens (tertiary/aromatic N) is 3. The molecule has 0 saturated carbocycles. The molecule has 3 rings (SSSR count). The minimum atomic E-state index is -3.86. The minimum Gasteiger partial charge on any atom is -0.390 e. The molecule has 0 aliphatic carbocycles. The topological polar surface area (TPSA) is 112 Å². The number of aryl methyl sites for hydroxylation is 3. The third kappa shape index (κ3) is 6.94. The van der Waals surface area contributed by atoms with Crippen molar-refractivity contribution < 1.29 is 18.3 Å². The molecule has 0 fully saturated rings. The van der Waals surface area contributed by atoms with Crippen molar-refractivity contribution in [2.45, 2.75) is 56.9 Å². The van der Waals surface area contributed by atoms with Crippen molar-refractivity contribution >= 4 is 27.3 Å². The van der Waals surface area contributed by atoms with Gasteiger partial charge in [-0.25, -0.2) is 18.4 Å². The van der Waals surface area contributed by atoms with E-state index in [1.165, 1.54) is 4.31 Å². The highest BCUT2D eigenvalue weighted by Crippen LogP contribution is 2.27. The lowest BCUT2D eigenvalue weighted by Gasteiger charge is -2.29. The lowest BCUT2D eigenvalue weighted by atomic mass is 10.0. The number of carbonyl (C=O) groups is 1. The predicted molar refractivity (Wildman–Crippen MR) is 137 cm³/mol. The molecular weight excluding hydrogens is 484 g/mol. The van der Waals surface area contributed by atoms with Crippen LogP contribution < -0.4 is 5.32 Å². The smallest absolute Gasteiger partial charge is 0.270 e. The van der Waals surface area contributed by atoms with E-state index in [-0.39, 0.29) is 23.0 Å². The number of hydrogen-bond acceptors (Lipinski definition) is 7. The number of rotatable bonds is 11. The molecule has 2 heterocycles. The van der Waals surface area contributed by atoms with Gasteiger partial charge in [-0.15, -0.1) is 11.3 Å². The molecule has 0 saturated heterocycles. The summed E-state index contributed by atoms with van der Waals surface area (Å²) in [6.45, 7) is 7.19. The molecule has 2 unspecified atom stereocenters. The molecule has 1 aromatic carbocycles. The van der Waals surface area contributed by atoms with Gasteiger partial charge >= 0.3 is 0 Å². The van der Waals surface area contributed by atoms with Crippen LogP contribution in [0.5, 0.6) is 0 Å². The van der Waals surface area contributed by atoms with Gasteiger partial charge in [0.2, 0.25) is 0 Å². The van der Waals surface area contributed by atoms with Crippen LogP contribution in [0.25, 0.3) is 0 Å². The standard InChI is InChI=1S/C25H32N4O4S2/c1-5-14-29(35(32,33)25-18(3)27-19(4)34-25)16-23(30)22(15-20-11-7-6-8-12-20)28-24(31)21-13-9-10-17(2)26-21/h6-13,22-23,30H,5,14-16H2,1-4H3,(H,28,31). The Bertz CT molecular complexity index is 1250. The largest absolute Gasteiger partial charge is 0.390 e. The number of nitrogens with one attached hydrogen (secondary N) is 1. The predicted octanol–water partition coefficient (Wildman–Crippen LogP) is 3.27. The molecule has 2 N–H and O–H groups in total. The van der Waals surface area contributed by atoms with Crippen molar-refractivity contribution in [3.63, 3.8) is 0 Å². The summed E-state index contributed by atoms with van der Waals surface area (Å²) in [5.74, 6) is -0.424. The summed E-state index contributed by atoms with van der Waals surface area (Å²) < 4.78 is 28.4. The van der Waals surface area contributed by atoms with Gasteiger partial charge < -0.3 is 10.4 Å². The molecule has 2 atom stereocenters. The summed E-state index contributed by atoms with van der Waals surface area (Å²) in [4.78, 5) is 21.5. The van der Waals surface area contributed by atoms with E-state index in [2.05, 4.69) is 15.3 Å². The second-order valence-electron chi connectivity index (χ2n) is 8.47. The first-order valence-corrected chi connectivity index (χ1v) is 13.8. The zero-order valence-electron chi connectivity index (χ0n) is 20.4. The van der Waals surface area contributed by atoms with Crippen LogP contribution in [0.3, 0.4) is 0 Å². The monoisotopic (exact) mass is 516 g/mol. The molecule has 188 valence electrons. The van der Waals surface area contributed by atoms with Crippen molar-refractivity contribution in [1.82, 2.24) is 19.6 Å². The highest BCUT2D eigenvalue weighted by Gasteiger charge is 2.33. The van der Waals surface area contributed by atoms with E-state index in [0.29, 0.717) is 29.2 Å². The number of hydrogen-bond donors (Lipinski definition) is 2. The van der Waals surface area contributed by atoms with Gasteiger partial charge in [0.25, 0.3) is 15.9 Å². The molecule has 0 spiro atoms. The number of sulfonamides is 1. The Morgan fingerprint density at radius 3 is 2.40 bits per heavy atom. The average molecular weight is 517 g/mol. The second-order valence-corrected chi connectivity index (χ2v) is 11.8. The fraction of sp³-hybridized carbons (Fsp3) is 0.400. The quantitative estimate of drug-likeness (QED) is 0.405. The van der Waals surface area contributed by atoms with Gasteiger partial charge in [-0.05, 0) is 51.3 Å². The average Bonchev–Trinajstić information content (AvgIpc) is 3.17. The molecule has 0 bridgehead atoms. The molecule has 0 aliphatic rings. The zero-order chi connectivity index (χ0) is 25.6. The number of thiazole rings is 1. The Morgan fingerprint density at radius 2 is 1.80 bits per heavy atom. The highest BCUT2D eigenvalue weighted by atomic mass is 32.2. The number of amides is 1. The molecule has 1 amide bonds. The first kappa shape index (κ1) is 26.9. The number of pyridine rings is 1. The van der Waals surface area contributed by atoms with Crippen LogP contribution in [-0.4, -0.2) is 58.9 Å². The number of aliphatic hydroxyl groups excluding tert-OH is 1. The third-order valence-corrected chi connectivity index (χ3v) is 9.02. The van der Waals surface area contributed by atoms with E-state index in [1.807, 2.05) is 37.3 Å². The van der Waals surface area contributed by atoms with E-state index >= 15 is 0 Å². The molecule has 0 radical (unpaired) electrons. The van der Waals surface area contributed by atoms with Crippen molar-refractivity contribution in [3.05, 3.63) is 76.2 Å². The SMILES string of the molecule is CCCN(CC(O)C(Cc1ccccc1)NC(=O)c1cccc(C)n1)S(=O)(=O)c1sc(C)nc1C. The maximum atomic E-state index is 13.4. The lowest BCUT2D eigenvalue weighted by molar-refractivity contribution is 0.0779. The molecule has 0 aliphatic heterocycles.